The first kappa shape index (κ1) is 10.1. The summed E-state index contributed by atoms with van der Waals surface area (Å²) in [6, 6.07) is 7.46. The number of anilines is 1. The molecule has 80 valence electrons. The van der Waals surface area contributed by atoms with Gasteiger partial charge in [-0.3, -0.25) is 8.77 Å². The number of nitrogens with zero attached hydrogens (tertiary/aromatic N) is 1. The summed E-state index contributed by atoms with van der Waals surface area (Å²) in [5, 5.41) is 1.55. The monoisotopic (exact) mass is 222 g/mol. The molecule has 0 amide bonds. The second-order valence-electron chi connectivity index (χ2n) is 3.63. The van der Waals surface area contributed by atoms with Gasteiger partial charge in [0.1, 0.15) is 0 Å². The molecule has 15 heavy (non-hydrogen) atoms. The Morgan fingerprint density at radius 1 is 1.20 bits per heavy atom. The third-order valence-corrected chi connectivity index (χ3v) is 3.53. The van der Waals surface area contributed by atoms with E-state index >= 15 is 0 Å². The highest BCUT2D eigenvalue weighted by molar-refractivity contribution is 8.14. The molecule has 3 nitrogen and oxygen atoms in total. The zero-order chi connectivity index (χ0) is 11.0. The van der Waals surface area contributed by atoms with Crippen molar-refractivity contribution in [1.82, 2.24) is 3.97 Å². The predicted octanol–water partition coefficient (Wildman–Crippen LogP) is 1.61. The maximum Gasteiger partial charge on any atom is 0.266 e. The van der Waals surface area contributed by atoms with Gasteiger partial charge in [0.25, 0.3) is 5.56 Å². The summed E-state index contributed by atoms with van der Waals surface area (Å²) in [5.74, 6) is 0. The predicted molar refractivity (Wildman–Crippen MR) is 68.9 cm³/mol. The molecule has 2 aromatic rings. The number of thiol groups is 1. The molecule has 0 aliphatic rings. The van der Waals surface area contributed by atoms with E-state index in [1.807, 2.05) is 36.8 Å². The molecule has 0 saturated heterocycles. The lowest BCUT2D eigenvalue weighted by Crippen LogP contribution is -2.18. The Morgan fingerprint density at radius 3 is 2.40 bits per heavy atom. The second-order valence-corrected chi connectivity index (χ2v) is 5.75. The van der Waals surface area contributed by atoms with Crippen molar-refractivity contribution in [3.63, 3.8) is 0 Å². The number of hydrogen-bond donors (Lipinski definition) is 2. The van der Waals surface area contributed by atoms with E-state index in [-0.39, 0.29) is 5.56 Å². The maximum atomic E-state index is 12.0. The van der Waals surface area contributed by atoms with Gasteiger partial charge in [-0.05, 0) is 18.6 Å². The Labute approximate surface area is 91.0 Å². The number of benzene rings is 1. The van der Waals surface area contributed by atoms with Crippen LogP contribution in [0.2, 0.25) is 0 Å². The van der Waals surface area contributed by atoms with E-state index in [0.717, 1.165) is 5.39 Å². The highest BCUT2D eigenvalue weighted by atomic mass is 32.2. The molecular weight excluding hydrogens is 208 g/mol. The molecule has 0 aliphatic heterocycles. The zero-order valence-corrected chi connectivity index (χ0v) is 9.66. The van der Waals surface area contributed by atoms with Gasteiger partial charge in [-0.25, -0.2) is 0 Å². The lowest BCUT2D eigenvalue weighted by molar-refractivity contribution is 1.17. The van der Waals surface area contributed by atoms with Gasteiger partial charge < -0.3 is 5.73 Å². The van der Waals surface area contributed by atoms with Crippen molar-refractivity contribution in [1.29, 1.82) is 0 Å². The van der Waals surface area contributed by atoms with Crippen molar-refractivity contribution in [3.8, 4) is 0 Å². The topological polar surface area (TPSA) is 48.0 Å². The van der Waals surface area contributed by atoms with Crippen molar-refractivity contribution in [3.05, 3.63) is 40.8 Å². The largest absolute Gasteiger partial charge is 0.397 e. The van der Waals surface area contributed by atoms with E-state index in [0.29, 0.717) is 11.1 Å². The molecular formula is C11H14N2OS. The first-order valence-corrected chi connectivity index (χ1v) is 6.87. The Hall–Kier alpha value is -1.42. The van der Waals surface area contributed by atoms with Gasteiger partial charge in [-0.15, -0.1) is 0 Å². The smallest absolute Gasteiger partial charge is 0.266 e. The molecule has 1 aromatic carbocycles. The second kappa shape index (κ2) is 3.62. The number of hydrogen-bond acceptors (Lipinski definition) is 2. The van der Waals surface area contributed by atoms with E-state index in [4.69, 9.17) is 5.73 Å². The average Bonchev–Trinajstić information content (AvgIpc) is 2.23. The molecule has 2 rings (SSSR count). The van der Waals surface area contributed by atoms with Crippen molar-refractivity contribution in [2.75, 3.05) is 18.2 Å². The highest BCUT2D eigenvalue weighted by Crippen LogP contribution is 2.22. The molecule has 1 aromatic heterocycles. The van der Waals surface area contributed by atoms with Crippen LogP contribution in [0.5, 0.6) is 0 Å². The molecule has 0 aliphatic carbocycles. The Bertz CT molecular complexity index is 560. The van der Waals surface area contributed by atoms with Crippen LogP contribution in [-0.4, -0.2) is 16.5 Å². The summed E-state index contributed by atoms with van der Waals surface area (Å²) in [7, 11) is 0. The van der Waals surface area contributed by atoms with Crippen molar-refractivity contribution < 1.29 is 0 Å². The number of nitrogens with two attached hydrogens (primary N) is 1. The number of fused-ring (bicyclic) bond motifs is 1. The Kier molecular flexibility index (Phi) is 2.44. The summed E-state index contributed by atoms with van der Waals surface area (Å²) >= 11 is -0.482. The Morgan fingerprint density at radius 2 is 1.80 bits per heavy atom. The van der Waals surface area contributed by atoms with E-state index in [9.17, 15) is 4.79 Å². The van der Waals surface area contributed by atoms with Crippen LogP contribution in [0.1, 0.15) is 0 Å². The zero-order valence-electron chi connectivity index (χ0n) is 8.77. The SMILES string of the molecule is C[SH](C)n1cc(N)c2ccccc2c1=O. The van der Waals surface area contributed by atoms with E-state index in [1.54, 1.807) is 10.2 Å². The quantitative estimate of drug-likeness (QED) is 0.720. The molecule has 0 fully saturated rings. The normalized spacial score (nSPS) is 11.7. The number of nitrogen functional groups attached to an aromatic ring is 1. The van der Waals surface area contributed by atoms with Crippen LogP contribution in [0.15, 0.2) is 35.3 Å². The summed E-state index contributed by atoms with van der Waals surface area (Å²) < 4.78 is 1.73. The molecule has 0 atom stereocenters. The minimum Gasteiger partial charge on any atom is -0.397 e. The number of aromatic nitrogens is 1. The third kappa shape index (κ3) is 1.61. The van der Waals surface area contributed by atoms with Gasteiger partial charge in [-0.2, -0.15) is 11.1 Å². The van der Waals surface area contributed by atoms with E-state index < -0.39 is 11.1 Å². The van der Waals surface area contributed by atoms with Crippen LogP contribution < -0.4 is 11.3 Å². The lowest BCUT2D eigenvalue weighted by Gasteiger charge is -2.15. The van der Waals surface area contributed by atoms with Gasteiger partial charge >= 0.3 is 0 Å². The standard InChI is InChI=1S/C11H14N2OS/c1-15(2)13-7-10(12)8-5-3-4-6-9(8)11(13)14/h3-7,15H,12H2,1-2H3. The fourth-order valence-corrected chi connectivity index (χ4v) is 2.43. The van der Waals surface area contributed by atoms with Crippen molar-refractivity contribution in [2.45, 2.75) is 0 Å². The molecule has 0 radical (unpaired) electrons. The molecule has 1 heterocycles. The first-order chi connectivity index (χ1) is 7.11. The maximum absolute atomic E-state index is 12.0. The van der Waals surface area contributed by atoms with Gasteiger partial charge in [-0.1, -0.05) is 18.2 Å². The summed E-state index contributed by atoms with van der Waals surface area (Å²) in [6.45, 7) is 0. The van der Waals surface area contributed by atoms with Gasteiger partial charge in [0, 0.05) is 11.6 Å². The number of pyridine rings is 1. The molecule has 2 N–H and O–H groups in total. The summed E-state index contributed by atoms with van der Waals surface area (Å²) in [6.07, 6.45) is 5.81. The van der Waals surface area contributed by atoms with Crippen LogP contribution >= 0.6 is 11.1 Å². The molecule has 0 unspecified atom stereocenters. The first-order valence-electron chi connectivity index (χ1n) is 4.69. The van der Waals surface area contributed by atoms with Gasteiger partial charge in [0.05, 0.1) is 11.1 Å². The van der Waals surface area contributed by atoms with Crippen LogP contribution in [-0.2, 0) is 0 Å². The van der Waals surface area contributed by atoms with Crippen molar-refractivity contribution >= 4 is 27.5 Å². The van der Waals surface area contributed by atoms with Gasteiger partial charge in [0.2, 0.25) is 0 Å². The summed E-state index contributed by atoms with van der Waals surface area (Å²) in [5.41, 5.74) is 6.63. The highest BCUT2D eigenvalue weighted by Gasteiger charge is 2.06. The number of rotatable bonds is 1. The van der Waals surface area contributed by atoms with E-state index in [2.05, 4.69) is 0 Å². The lowest BCUT2D eigenvalue weighted by atomic mass is 10.1. The third-order valence-electron chi connectivity index (χ3n) is 2.37. The fraction of sp³-hybridized carbons (Fsp3) is 0.182. The minimum atomic E-state index is -0.482. The average molecular weight is 222 g/mol. The molecule has 0 spiro atoms. The van der Waals surface area contributed by atoms with Crippen LogP contribution in [0.25, 0.3) is 10.8 Å². The van der Waals surface area contributed by atoms with Crippen molar-refractivity contribution in [2.24, 2.45) is 0 Å². The Balaban J connectivity index is 2.91. The summed E-state index contributed by atoms with van der Waals surface area (Å²) in [4.78, 5) is 12.0. The molecule has 0 bridgehead atoms. The minimum absolute atomic E-state index is 0.0518. The van der Waals surface area contributed by atoms with Crippen LogP contribution in [0, 0.1) is 0 Å². The molecule has 4 heteroatoms. The molecule has 0 saturated carbocycles. The van der Waals surface area contributed by atoms with E-state index in [1.165, 1.54) is 0 Å². The van der Waals surface area contributed by atoms with Crippen LogP contribution in [0.4, 0.5) is 5.69 Å². The van der Waals surface area contributed by atoms with Gasteiger partial charge in [0.15, 0.2) is 0 Å². The fourth-order valence-electron chi connectivity index (χ4n) is 1.60. The van der Waals surface area contributed by atoms with Crippen LogP contribution in [0.3, 0.4) is 0 Å².